The quantitative estimate of drug-likeness (QED) is 0.744. The fraction of sp³-hybridized carbons (Fsp3) is 0.600. The molecule has 0 atom stereocenters. The molecule has 0 bridgehead atoms. The molecular formula is C15H22ClNO2. The number of halogens is 1. The van der Waals surface area contributed by atoms with Crippen molar-refractivity contribution in [2.45, 2.75) is 24.8 Å². The molecule has 0 aliphatic heterocycles. The molecule has 1 N–H and O–H groups in total. The Morgan fingerprint density at radius 1 is 1.16 bits per heavy atom. The van der Waals surface area contributed by atoms with Crippen molar-refractivity contribution in [3.05, 3.63) is 34.9 Å². The summed E-state index contributed by atoms with van der Waals surface area (Å²) in [7, 11) is 1.69. The van der Waals surface area contributed by atoms with E-state index in [4.69, 9.17) is 21.1 Å². The maximum absolute atomic E-state index is 5.89. The van der Waals surface area contributed by atoms with Crippen LogP contribution in [0.25, 0.3) is 0 Å². The lowest BCUT2D eigenvalue weighted by Crippen LogP contribution is -2.41. The second-order valence-electron chi connectivity index (χ2n) is 4.98. The molecule has 0 unspecified atom stereocenters. The number of methoxy groups -OCH3 is 1. The molecule has 0 heterocycles. The summed E-state index contributed by atoms with van der Waals surface area (Å²) in [6, 6.07) is 8.85. The zero-order valence-corrected chi connectivity index (χ0v) is 12.2. The number of benzene rings is 1. The zero-order chi connectivity index (χ0) is 13.5. The van der Waals surface area contributed by atoms with Crippen molar-refractivity contribution in [2.24, 2.45) is 0 Å². The third kappa shape index (κ3) is 4.77. The Bertz CT molecular complexity index is 363. The van der Waals surface area contributed by atoms with Crippen molar-refractivity contribution in [1.29, 1.82) is 0 Å². The summed E-state index contributed by atoms with van der Waals surface area (Å²) in [4.78, 5) is 0. The summed E-state index contributed by atoms with van der Waals surface area (Å²) in [5.74, 6) is 0.684. The first-order valence-corrected chi connectivity index (χ1v) is 7.23. The highest BCUT2D eigenvalue weighted by molar-refractivity contribution is 6.30. The van der Waals surface area contributed by atoms with Crippen LogP contribution in [-0.4, -0.2) is 39.5 Å². The summed E-state index contributed by atoms with van der Waals surface area (Å²) in [5, 5.41) is 4.33. The minimum absolute atomic E-state index is 0.631. The third-order valence-corrected chi connectivity index (χ3v) is 3.84. The van der Waals surface area contributed by atoms with E-state index in [9.17, 15) is 0 Å². The highest BCUT2D eigenvalue weighted by Crippen LogP contribution is 2.37. The topological polar surface area (TPSA) is 30.5 Å². The van der Waals surface area contributed by atoms with E-state index in [1.54, 1.807) is 7.11 Å². The Morgan fingerprint density at radius 2 is 1.89 bits per heavy atom. The Hall–Kier alpha value is -0.610. The average molecular weight is 284 g/mol. The van der Waals surface area contributed by atoms with Gasteiger partial charge in [-0.3, -0.25) is 0 Å². The van der Waals surface area contributed by atoms with E-state index < -0.39 is 0 Å². The second-order valence-corrected chi connectivity index (χ2v) is 5.41. The standard InChI is InChI=1S/C15H22ClNO2/c1-18-8-9-19-7-6-17-15-10-13(11-15)12-2-4-14(16)5-3-12/h2-5,13,15,17H,6-11H2,1H3. The fourth-order valence-corrected chi connectivity index (χ4v) is 2.50. The van der Waals surface area contributed by atoms with Crippen molar-refractivity contribution in [2.75, 3.05) is 33.5 Å². The third-order valence-electron chi connectivity index (χ3n) is 3.59. The van der Waals surface area contributed by atoms with Gasteiger partial charge in [-0.2, -0.15) is 0 Å². The molecule has 1 fully saturated rings. The van der Waals surface area contributed by atoms with Crippen LogP contribution in [0.2, 0.25) is 5.02 Å². The molecule has 0 spiro atoms. The van der Waals surface area contributed by atoms with E-state index in [0.717, 1.165) is 18.2 Å². The van der Waals surface area contributed by atoms with Gasteiger partial charge in [0.25, 0.3) is 0 Å². The number of nitrogens with one attached hydrogen (secondary N) is 1. The lowest BCUT2D eigenvalue weighted by atomic mass is 9.76. The van der Waals surface area contributed by atoms with Gasteiger partial charge in [-0.15, -0.1) is 0 Å². The maximum Gasteiger partial charge on any atom is 0.0700 e. The highest BCUT2D eigenvalue weighted by atomic mass is 35.5. The molecular weight excluding hydrogens is 262 g/mol. The molecule has 4 heteroatoms. The Labute approximate surface area is 120 Å². The molecule has 3 nitrogen and oxygen atoms in total. The van der Waals surface area contributed by atoms with Crippen molar-refractivity contribution < 1.29 is 9.47 Å². The smallest absolute Gasteiger partial charge is 0.0700 e. The summed E-state index contributed by atoms with van der Waals surface area (Å²) in [6.45, 7) is 3.02. The molecule has 1 aromatic rings. The minimum Gasteiger partial charge on any atom is -0.382 e. The maximum atomic E-state index is 5.89. The van der Waals surface area contributed by atoms with Crippen LogP contribution in [0.5, 0.6) is 0 Å². The van der Waals surface area contributed by atoms with Crippen LogP contribution in [0.15, 0.2) is 24.3 Å². The van der Waals surface area contributed by atoms with E-state index in [1.165, 1.54) is 18.4 Å². The number of ether oxygens (including phenoxy) is 2. The van der Waals surface area contributed by atoms with Crippen LogP contribution in [0.4, 0.5) is 0 Å². The van der Waals surface area contributed by atoms with Crippen molar-refractivity contribution in [1.82, 2.24) is 5.32 Å². The van der Waals surface area contributed by atoms with Crippen LogP contribution in [0.3, 0.4) is 0 Å². The summed E-state index contributed by atoms with van der Waals surface area (Å²) in [6.07, 6.45) is 2.42. The van der Waals surface area contributed by atoms with E-state index in [-0.39, 0.29) is 0 Å². The molecule has 1 aromatic carbocycles. The molecule has 106 valence electrons. The van der Waals surface area contributed by atoms with Crippen molar-refractivity contribution in [3.8, 4) is 0 Å². The van der Waals surface area contributed by atoms with Gasteiger partial charge in [0.15, 0.2) is 0 Å². The predicted octanol–water partition coefficient (Wildman–Crippen LogP) is 2.84. The SMILES string of the molecule is COCCOCCNC1CC(c2ccc(Cl)cc2)C1. The first-order valence-electron chi connectivity index (χ1n) is 6.85. The van der Waals surface area contributed by atoms with Crippen molar-refractivity contribution in [3.63, 3.8) is 0 Å². The lowest BCUT2D eigenvalue weighted by Gasteiger charge is -2.36. The molecule has 0 radical (unpaired) electrons. The van der Waals surface area contributed by atoms with Gasteiger partial charge in [-0.05, 0) is 36.5 Å². The Morgan fingerprint density at radius 3 is 2.58 bits per heavy atom. The van der Waals surface area contributed by atoms with E-state index in [0.29, 0.717) is 25.2 Å². The average Bonchev–Trinajstić information content (AvgIpc) is 2.37. The van der Waals surface area contributed by atoms with Gasteiger partial charge in [-0.25, -0.2) is 0 Å². The predicted molar refractivity (Wildman–Crippen MR) is 77.9 cm³/mol. The highest BCUT2D eigenvalue weighted by Gasteiger charge is 2.29. The molecule has 1 saturated carbocycles. The number of hydrogen-bond donors (Lipinski definition) is 1. The van der Waals surface area contributed by atoms with Crippen LogP contribution in [0, 0.1) is 0 Å². The van der Waals surface area contributed by atoms with E-state index in [1.807, 2.05) is 12.1 Å². The minimum atomic E-state index is 0.631. The van der Waals surface area contributed by atoms with Gasteiger partial charge in [0, 0.05) is 24.7 Å². The first-order chi connectivity index (χ1) is 9.29. The Kier molecular flexibility index (Phi) is 6.11. The van der Waals surface area contributed by atoms with Gasteiger partial charge < -0.3 is 14.8 Å². The lowest BCUT2D eigenvalue weighted by molar-refractivity contribution is 0.0694. The molecule has 0 aromatic heterocycles. The summed E-state index contributed by atoms with van der Waals surface area (Å²) in [5.41, 5.74) is 1.40. The zero-order valence-electron chi connectivity index (χ0n) is 11.4. The largest absolute Gasteiger partial charge is 0.382 e. The van der Waals surface area contributed by atoms with Gasteiger partial charge in [0.1, 0.15) is 0 Å². The van der Waals surface area contributed by atoms with E-state index in [2.05, 4.69) is 17.4 Å². The molecule has 1 aliphatic rings. The normalized spacial score (nSPS) is 22.2. The van der Waals surface area contributed by atoms with Gasteiger partial charge >= 0.3 is 0 Å². The van der Waals surface area contributed by atoms with Crippen LogP contribution >= 0.6 is 11.6 Å². The van der Waals surface area contributed by atoms with Crippen LogP contribution in [0.1, 0.15) is 24.3 Å². The van der Waals surface area contributed by atoms with E-state index >= 15 is 0 Å². The number of hydrogen-bond acceptors (Lipinski definition) is 3. The van der Waals surface area contributed by atoms with Crippen LogP contribution < -0.4 is 5.32 Å². The Balaban J connectivity index is 1.55. The van der Waals surface area contributed by atoms with Gasteiger partial charge in [-0.1, -0.05) is 23.7 Å². The van der Waals surface area contributed by atoms with Crippen LogP contribution in [-0.2, 0) is 9.47 Å². The van der Waals surface area contributed by atoms with Gasteiger partial charge in [0.05, 0.1) is 19.8 Å². The molecule has 19 heavy (non-hydrogen) atoms. The molecule has 0 saturated heterocycles. The molecule has 2 rings (SSSR count). The molecule has 0 amide bonds. The second kappa shape index (κ2) is 7.85. The fourth-order valence-electron chi connectivity index (χ4n) is 2.37. The number of rotatable bonds is 8. The first kappa shape index (κ1) is 14.8. The molecule has 1 aliphatic carbocycles. The van der Waals surface area contributed by atoms with Gasteiger partial charge in [0.2, 0.25) is 0 Å². The summed E-state index contributed by atoms with van der Waals surface area (Å²) < 4.78 is 10.3. The monoisotopic (exact) mass is 283 g/mol. The summed E-state index contributed by atoms with van der Waals surface area (Å²) >= 11 is 5.89. The van der Waals surface area contributed by atoms with Crippen molar-refractivity contribution >= 4 is 11.6 Å².